The molecule has 1 atom stereocenters. The normalized spacial score (nSPS) is 11.7. The Hall–Kier alpha value is -2.08. The van der Waals surface area contributed by atoms with Crippen LogP contribution in [0.3, 0.4) is 0 Å². The van der Waals surface area contributed by atoms with Crippen molar-refractivity contribution in [2.75, 3.05) is 26.8 Å². The van der Waals surface area contributed by atoms with Gasteiger partial charge in [-0.1, -0.05) is 38.3 Å². The second-order valence-electron chi connectivity index (χ2n) is 6.48. The van der Waals surface area contributed by atoms with Gasteiger partial charge in [-0.05, 0) is 38.1 Å². The summed E-state index contributed by atoms with van der Waals surface area (Å²) in [6, 6.07) is 6.90. The van der Waals surface area contributed by atoms with E-state index in [1.807, 2.05) is 31.3 Å². The maximum Gasteiger partial charge on any atom is 0.328 e. The number of carbonyl (C=O) groups excluding carboxylic acids is 2. The summed E-state index contributed by atoms with van der Waals surface area (Å²) in [5.74, 6) is 0.284. The van der Waals surface area contributed by atoms with E-state index < -0.39 is 12.0 Å². The zero-order valence-corrected chi connectivity index (χ0v) is 16.9. The van der Waals surface area contributed by atoms with Gasteiger partial charge in [0.05, 0.1) is 6.61 Å². The van der Waals surface area contributed by atoms with Crippen molar-refractivity contribution >= 4 is 11.9 Å². The monoisotopic (exact) mass is 378 g/mol. The summed E-state index contributed by atoms with van der Waals surface area (Å²) in [6.07, 6.45) is 4.96. The van der Waals surface area contributed by atoms with E-state index in [1.165, 1.54) is 0 Å². The molecule has 0 aliphatic heterocycles. The van der Waals surface area contributed by atoms with Crippen LogP contribution in [-0.2, 0) is 20.7 Å². The molecule has 6 nitrogen and oxygen atoms in total. The first-order chi connectivity index (χ1) is 13.1. The van der Waals surface area contributed by atoms with Gasteiger partial charge in [0.1, 0.15) is 18.4 Å². The molecule has 0 unspecified atom stereocenters. The molecule has 0 aliphatic rings. The molecule has 152 valence electrons. The van der Waals surface area contributed by atoms with E-state index >= 15 is 0 Å². The van der Waals surface area contributed by atoms with Crippen LogP contribution in [-0.4, -0.2) is 44.7 Å². The molecular formula is C21H34N2O4. The molecule has 1 aromatic rings. The molecule has 1 aromatic carbocycles. The highest BCUT2D eigenvalue weighted by Crippen LogP contribution is 2.14. The smallest absolute Gasteiger partial charge is 0.328 e. The third kappa shape index (κ3) is 9.99. The van der Waals surface area contributed by atoms with E-state index in [0.29, 0.717) is 26.1 Å². The Balaban J connectivity index is 2.60. The van der Waals surface area contributed by atoms with Crippen molar-refractivity contribution in [3.63, 3.8) is 0 Å². The molecule has 6 heteroatoms. The molecule has 0 aliphatic carbocycles. The van der Waals surface area contributed by atoms with Crippen molar-refractivity contribution < 1.29 is 19.1 Å². The molecule has 2 N–H and O–H groups in total. The largest absolute Gasteiger partial charge is 0.492 e. The van der Waals surface area contributed by atoms with Gasteiger partial charge >= 0.3 is 5.97 Å². The second kappa shape index (κ2) is 14.0. The molecule has 0 spiro atoms. The van der Waals surface area contributed by atoms with Crippen molar-refractivity contribution in [1.29, 1.82) is 0 Å². The summed E-state index contributed by atoms with van der Waals surface area (Å²) in [4.78, 5) is 24.4. The number of hydrogen-bond acceptors (Lipinski definition) is 5. The molecule has 0 fully saturated rings. The third-order valence-corrected chi connectivity index (χ3v) is 4.15. The highest BCUT2D eigenvalue weighted by atomic mass is 16.5. The maximum absolute atomic E-state index is 12.2. The molecule has 0 bridgehead atoms. The van der Waals surface area contributed by atoms with Crippen molar-refractivity contribution in [2.45, 2.75) is 58.4 Å². The first-order valence-corrected chi connectivity index (χ1v) is 9.93. The molecule has 1 rings (SSSR count). The summed E-state index contributed by atoms with van der Waals surface area (Å²) in [6.45, 7) is 5.55. The minimum Gasteiger partial charge on any atom is -0.492 e. The van der Waals surface area contributed by atoms with Crippen molar-refractivity contribution in [3.8, 4) is 5.75 Å². The van der Waals surface area contributed by atoms with E-state index in [0.717, 1.165) is 43.5 Å². The van der Waals surface area contributed by atoms with E-state index in [4.69, 9.17) is 9.47 Å². The first kappa shape index (κ1) is 23.0. The van der Waals surface area contributed by atoms with Crippen LogP contribution in [0, 0.1) is 0 Å². The molecule has 0 heterocycles. The average Bonchev–Trinajstić information content (AvgIpc) is 2.66. The highest BCUT2D eigenvalue weighted by molar-refractivity contribution is 5.84. The number of benzene rings is 1. The number of likely N-dealkylation sites (N-methyl/N-ethyl adjacent to an activating group) is 1. The third-order valence-electron chi connectivity index (χ3n) is 4.15. The number of rotatable bonds is 14. The van der Waals surface area contributed by atoms with Crippen LogP contribution in [0.2, 0.25) is 0 Å². The lowest BCUT2D eigenvalue weighted by atomic mass is 10.1. The predicted octanol–water partition coefficient (Wildman–Crippen LogP) is 2.85. The van der Waals surface area contributed by atoms with Gasteiger partial charge in [-0.3, -0.25) is 4.79 Å². The summed E-state index contributed by atoms with van der Waals surface area (Å²) in [7, 11) is 1.88. The fourth-order valence-corrected chi connectivity index (χ4v) is 2.64. The number of esters is 1. The summed E-state index contributed by atoms with van der Waals surface area (Å²) in [5, 5.41) is 5.85. The predicted molar refractivity (Wildman–Crippen MR) is 107 cm³/mol. The Labute approximate surface area is 163 Å². The molecular weight excluding hydrogens is 344 g/mol. The van der Waals surface area contributed by atoms with E-state index in [2.05, 4.69) is 17.6 Å². The van der Waals surface area contributed by atoms with Gasteiger partial charge in [0.15, 0.2) is 0 Å². The van der Waals surface area contributed by atoms with Crippen LogP contribution in [0.15, 0.2) is 24.3 Å². The summed E-state index contributed by atoms with van der Waals surface area (Å²) >= 11 is 0. The zero-order chi connectivity index (χ0) is 19.9. The quantitative estimate of drug-likeness (QED) is 0.385. The van der Waals surface area contributed by atoms with Gasteiger partial charge in [0, 0.05) is 19.4 Å². The van der Waals surface area contributed by atoms with Gasteiger partial charge in [-0.2, -0.15) is 0 Å². The molecule has 27 heavy (non-hydrogen) atoms. The van der Waals surface area contributed by atoms with Crippen LogP contribution in [0.25, 0.3) is 0 Å². The maximum atomic E-state index is 12.2. The number of unbranched alkanes of at least 4 members (excludes halogenated alkanes) is 3. The zero-order valence-electron chi connectivity index (χ0n) is 16.9. The minimum absolute atomic E-state index is 0.101. The van der Waals surface area contributed by atoms with Gasteiger partial charge in [-0.25, -0.2) is 4.79 Å². The van der Waals surface area contributed by atoms with E-state index in [-0.39, 0.29) is 5.91 Å². The Morgan fingerprint density at radius 1 is 1.07 bits per heavy atom. The van der Waals surface area contributed by atoms with Crippen LogP contribution in [0.4, 0.5) is 0 Å². The van der Waals surface area contributed by atoms with Gasteiger partial charge < -0.3 is 20.1 Å². The Morgan fingerprint density at radius 3 is 2.44 bits per heavy atom. The van der Waals surface area contributed by atoms with Crippen LogP contribution in [0.5, 0.6) is 5.75 Å². The van der Waals surface area contributed by atoms with E-state index in [9.17, 15) is 9.59 Å². The van der Waals surface area contributed by atoms with Crippen LogP contribution < -0.4 is 15.4 Å². The fourth-order valence-electron chi connectivity index (χ4n) is 2.64. The van der Waals surface area contributed by atoms with Gasteiger partial charge in [-0.15, -0.1) is 0 Å². The standard InChI is InChI=1S/C21H34N2O4/c1-4-6-7-8-9-20(24)23-19(21(25)26-5-2)16-17-10-12-18(13-11-17)27-15-14-22-3/h10-13,19,22H,4-9,14-16H2,1-3H3,(H,23,24)/t19-/m0/s1. The SMILES string of the molecule is CCCCCCC(=O)N[C@@H](Cc1ccc(OCCNC)cc1)C(=O)OCC. The van der Waals surface area contributed by atoms with Crippen molar-refractivity contribution in [2.24, 2.45) is 0 Å². The number of ether oxygens (including phenoxy) is 2. The number of carbonyl (C=O) groups is 2. The fraction of sp³-hybridized carbons (Fsp3) is 0.619. The molecule has 0 radical (unpaired) electrons. The van der Waals surface area contributed by atoms with Gasteiger partial charge in [0.25, 0.3) is 0 Å². The van der Waals surface area contributed by atoms with Crippen LogP contribution in [0.1, 0.15) is 51.5 Å². The van der Waals surface area contributed by atoms with Crippen molar-refractivity contribution in [1.82, 2.24) is 10.6 Å². The number of hydrogen-bond donors (Lipinski definition) is 2. The lowest BCUT2D eigenvalue weighted by Crippen LogP contribution is -2.43. The molecule has 0 aromatic heterocycles. The molecule has 1 amide bonds. The Morgan fingerprint density at radius 2 is 1.81 bits per heavy atom. The molecule has 0 saturated carbocycles. The summed E-state index contributed by atoms with van der Waals surface area (Å²) in [5.41, 5.74) is 0.945. The Kier molecular flexibility index (Phi) is 11.9. The summed E-state index contributed by atoms with van der Waals surface area (Å²) < 4.78 is 10.7. The number of nitrogens with one attached hydrogen (secondary N) is 2. The average molecular weight is 379 g/mol. The Bertz CT molecular complexity index is 546. The highest BCUT2D eigenvalue weighted by Gasteiger charge is 2.22. The number of amides is 1. The first-order valence-electron chi connectivity index (χ1n) is 9.93. The lowest BCUT2D eigenvalue weighted by molar-refractivity contribution is -0.147. The topological polar surface area (TPSA) is 76.7 Å². The van der Waals surface area contributed by atoms with Crippen LogP contribution >= 0.6 is 0 Å². The van der Waals surface area contributed by atoms with Crippen molar-refractivity contribution in [3.05, 3.63) is 29.8 Å². The minimum atomic E-state index is -0.667. The van der Waals surface area contributed by atoms with Gasteiger partial charge in [0.2, 0.25) is 5.91 Å². The van der Waals surface area contributed by atoms with E-state index in [1.54, 1.807) is 6.92 Å². The second-order valence-corrected chi connectivity index (χ2v) is 6.48. The molecule has 0 saturated heterocycles. The lowest BCUT2D eigenvalue weighted by Gasteiger charge is -2.18.